The normalized spacial score (nSPS) is 10.6. The summed E-state index contributed by atoms with van der Waals surface area (Å²) in [5, 5.41) is 1.99. The molecule has 3 aromatic heterocycles. The smallest absolute Gasteiger partial charge is 0.157 e. The number of aromatic nitrogens is 3. The minimum Gasteiger partial charge on any atom is -0.362 e. The molecule has 0 radical (unpaired) electrons. The quantitative estimate of drug-likeness (QED) is 0.670. The van der Waals surface area contributed by atoms with Gasteiger partial charge in [0.05, 0.1) is 11.1 Å². The Balaban J connectivity index is 2.35. The van der Waals surface area contributed by atoms with Gasteiger partial charge in [-0.2, -0.15) is 0 Å². The maximum Gasteiger partial charge on any atom is 0.157 e. The molecule has 4 nitrogen and oxygen atoms in total. The van der Waals surface area contributed by atoms with E-state index >= 15 is 0 Å². The number of rotatable bonds is 2. The highest BCUT2D eigenvalue weighted by Crippen LogP contribution is 2.35. The number of anilines is 1. The van der Waals surface area contributed by atoms with E-state index < -0.39 is 0 Å². The minimum absolute atomic E-state index is 0.817. The van der Waals surface area contributed by atoms with Crippen LogP contribution in [0.25, 0.3) is 16.2 Å². The molecule has 0 atom stereocenters. The van der Waals surface area contributed by atoms with Crippen LogP contribution < -0.4 is 4.90 Å². The van der Waals surface area contributed by atoms with Crippen LogP contribution in [-0.4, -0.2) is 28.5 Å². The highest BCUT2D eigenvalue weighted by Gasteiger charge is 2.18. The molecule has 0 spiro atoms. The van der Waals surface area contributed by atoms with Gasteiger partial charge in [-0.15, -0.1) is 17.8 Å². The lowest BCUT2D eigenvalue weighted by Crippen LogP contribution is -2.12. The monoisotopic (exact) mass is 268 g/mol. The summed E-state index contributed by atoms with van der Waals surface area (Å²) < 4.78 is 2.02. The second kappa shape index (κ2) is 4.41. The van der Waals surface area contributed by atoms with E-state index in [1.54, 1.807) is 23.7 Å². The number of thiophene rings is 1. The maximum absolute atomic E-state index is 5.55. The second-order valence-electron chi connectivity index (χ2n) is 4.29. The molecule has 0 fully saturated rings. The van der Waals surface area contributed by atoms with E-state index in [1.807, 2.05) is 41.0 Å². The summed E-state index contributed by atoms with van der Waals surface area (Å²) in [5.74, 6) is 3.72. The van der Waals surface area contributed by atoms with Crippen LogP contribution in [0.4, 0.5) is 5.82 Å². The van der Waals surface area contributed by atoms with E-state index in [1.165, 1.54) is 0 Å². The minimum atomic E-state index is 0.817. The van der Waals surface area contributed by atoms with Crippen LogP contribution in [0, 0.1) is 12.3 Å². The summed E-state index contributed by atoms with van der Waals surface area (Å²) in [6, 6.07) is 1.95. The maximum atomic E-state index is 5.55. The molecule has 0 N–H and O–H groups in total. The first kappa shape index (κ1) is 11.8. The lowest BCUT2D eigenvalue weighted by Gasteiger charge is -2.13. The SMILES string of the molecule is C#Cc1ccsc1-c1nc2cnccn2c1N(C)C. The Kier molecular flexibility index (Phi) is 2.73. The molecule has 94 valence electrons. The van der Waals surface area contributed by atoms with Gasteiger partial charge < -0.3 is 4.90 Å². The van der Waals surface area contributed by atoms with Crippen molar-refractivity contribution in [1.29, 1.82) is 0 Å². The zero-order valence-electron chi connectivity index (χ0n) is 10.7. The van der Waals surface area contributed by atoms with Gasteiger partial charge in [0, 0.05) is 32.1 Å². The van der Waals surface area contributed by atoms with E-state index in [9.17, 15) is 0 Å². The third-order valence-corrected chi connectivity index (χ3v) is 3.79. The number of terminal acetylenes is 1. The number of hydrogen-bond donors (Lipinski definition) is 0. The average molecular weight is 268 g/mol. The molecule has 0 unspecified atom stereocenters. The molecule has 3 rings (SSSR count). The largest absolute Gasteiger partial charge is 0.362 e. The third kappa shape index (κ3) is 1.77. The molecular weight excluding hydrogens is 256 g/mol. The molecule has 0 saturated heterocycles. The predicted molar refractivity (Wildman–Crippen MR) is 78.6 cm³/mol. The first-order valence-electron chi connectivity index (χ1n) is 5.76. The van der Waals surface area contributed by atoms with Gasteiger partial charge >= 0.3 is 0 Å². The van der Waals surface area contributed by atoms with Crippen molar-refractivity contribution in [3.8, 4) is 22.9 Å². The average Bonchev–Trinajstić information content (AvgIpc) is 3.01. The highest BCUT2D eigenvalue weighted by molar-refractivity contribution is 7.13. The molecule has 0 aromatic carbocycles. The molecule has 0 aliphatic heterocycles. The van der Waals surface area contributed by atoms with Crippen molar-refractivity contribution >= 4 is 22.8 Å². The Morgan fingerprint density at radius 3 is 3.00 bits per heavy atom. The van der Waals surface area contributed by atoms with E-state index in [0.29, 0.717) is 0 Å². The van der Waals surface area contributed by atoms with Crippen LogP contribution in [0.3, 0.4) is 0 Å². The van der Waals surface area contributed by atoms with E-state index in [0.717, 1.165) is 27.6 Å². The topological polar surface area (TPSA) is 33.4 Å². The summed E-state index contributed by atoms with van der Waals surface area (Å²) in [5.41, 5.74) is 2.60. The van der Waals surface area contributed by atoms with E-state index in [4.69, 9.17) is 6.42 Å². The van der Waals surface area contributed by atoms with Gasteiger partial charge in [0.1, 0.15) is 11.5 Å². The molecule has 0 bridgehead atoms. The molecular formula is C14H12N4S. The van der Waals surface area contributed by atoms with Crippen molar-refractivity contribution in [2.45, 2.75) is 0 Å². The second-order valence-corrected chi connectivity index (χ2v) is 5.21. The van der Waals surface area contributed by atoms with Crippen LogP contribution in [-0.2, 0) is 0 Å². The number of fused-ring (bicyclic) bond motifs is 1. The fourth-order valence-electron chi connectivity index (χ4n) is 2.08. The summed E-state index contributed by atoms with van der Waals surface area (Å²) in [6.45, 7) is 0. The van der Waals surface area contributed by atoms with Gasteiger partial charge in [0.15, 0.2) is 5.65 Å². The lowest BCUT2D eigenvalue weighted by atomic mass is 10.2. The zero-order chi connectivity index (χ0) is 13.4. The van der Waals surface area contributed by atoms with Crippen molar-refractivity contribution in [2.24, 2.45) is 0 Å². The first-order chi connectivity index (χ1) is 9.22. The fraction of sp³-hybridized carbons (Fsp3) is 0.143. The van der Waals surface area contributed by atoms with Gasteiger partial charge in [-0.3, -0.25) is 9.38 Å². The first-order valence-corrected chi connectivity index (χ1v) is 6.64. The van der Waals surface area contributed by atoms with E-state index in [-0.39, 0.29) is 0 Å². The van der Waals surface area contributed by atoms with Gasteiger partial charge in [0.25, 0.3) is 0 Å². The highest BCUT2D eigenvalue weighted by atomic mass is 32.1. The fourth-order valence-corrected chi connectivity index (χ4v) is 2.92. The van der Waals surface area contributed by atoms with Crippen LogP contribution in [0.2, 0.25) is 0 Å². The van der Waals surface area contributed by atoms with Crippen molar-refractivity contribution in [3.63, 3.8) is 0 Å². The molecule has 3 aromatic rings. The molecule has 5 heteroatoms. The number of hydrogen-bond acceptors (Lipinski definition) is 4. The van der Waals surface area contributed by atoms with Crippen LogP contribution >= 0.6 is 11.3 Å². The lowest BCUT2D eigenvalue weighted by molar-refractivity contribution is 1.03. The van der Waals surface area contributed by atoms with E-state index in [2.05, 4.69) is 15.9 Å². The summed E-state index contributed by atoms with van der Waals surface area (Å²) in [7, 11) is 3.99. The van der Waals surface area contributed by atoms with Crippen molar-refractivity contribution in [2.75, 3.05) is 19.0 Å². The Labute approximate surface area is 115 Å². The van der Waals surface area contributed by atoms with Crippen molar-refractivity contribution < 1.29 is 0 Å². The number of imidazole rings is 1. The van der Waals surface area contributed by atoms with Gasteiger partial charge in [-0.25, -0.2) is 4.98 Å². The summed E-state index contributed by atoms with van der Waals surface area (Å²) in [6.07, 6.45) is 11.0. The van der Waals surface area contributed by atoms with Crippen LogP contribution in [0.15, 0.2) is 30.0 Å². The Hall–Kier alpha value is -2.32. The summed E-state index contributed by atoms with van der Waals surface area (Å²) >= 11 is 1.61. The third-order valence-electron chi connectivity index (χ3n) is 2.86. The predicted octanol–water partition coefficient (Wildman–Crippen LogP) is 2.51. The molecule has 0 saturated carbocycles. The Morgan fingerprint density at radius 1 is 1.42 bits per heavy atom. The molecule has 19 heavy (non-hydrogen) atoms. The van der Waals surface area contributed by atoms with Gasteiger partial charge in [0.2, 0.25) is 0 Å². The molecule has 0 amide bonds. The van der Waals surface area contributed by atoms with Crippen molar-refractivity contribution in [1.82, 2.24) is 14.4 Å². The standard InChI is InChI=1S/C14H12N4S/c1-4-10-5-8-19-13(10)12-14(17(2)3)18-7-6-15-9-11(18)16-12/h1,5-9H,2-3H3. The summed E-state index contributed by atoms with van der Waals surface area (Å²) in [4.78, 5) is 11.8. The Morgan fingerprint density at radius 2 is 2.26 bits per heavy atom. The number of nitrogens with zero attached hydrogens (tertiary/aromatic N) is 4. The van der Waals surface area contributed by atoms with Crippen LogP contribution in [0.1, 0.15) is 5.56 Å². The Bertz CT molecular complexity index is 776. The molecule has 0 aliphatic rings. The van der Waals surface area contributed by atoms with Gasteiger partial charge in [-0.05, 0) is 11.4 Å². The van der Waals surface area contributed by atoms with Gasteiger partial charge in [-0.1, -0.05) is 5.92 Å². The van der Waals surface area contributed by atoms with Crippen LogP contribution in [0.5, 0.6) is 0 Å². The zero-order valence-corrected chi connectivity index (χ0v) is 11.5. The molecule has 3 heterocycles. The van der Waals surface area contributed by atoms with Crippen molar-refractivity contribution in [3.05, 3.63) is 35.6 Å². The molecule has 0 aliphatic carbocycles.